The fraction of sp³-hybridized carbons (Fsp3) is 0.304. The highest BCUT2D eigenvalue weighted by atomic mass is 19.1. The van der Waals surface area contributed by atoms with Crippen LogP contribution < -0.4 is 10.6 Å². The number of carbonyl (C=O) groups is 1. The van der Waals surface area contributed by atoms with E-state index in [9.17, 15) is 9.18 Å². The third kappa shape index (κ3) is 3.90. The smallest absolute Gasteiger partial charge is 0.270 e. The van der Waals surface area contributed by atoms with Crippen LogP contribution in [0.15, 0.2) is 60.8 Å². The Morgan fingerprint density at radius 3 is 2.50 bits per heavy atom. The molecule has 2 N–H and O–H groups in total. The average Bonchev–Trinajstić information content (AvgIpc) is 2.76. The van der Waals surface area contributed by atoms with E-state index in [2.05, 4.69) is 27.8 Å². The predicted molar refractivity (Wildman–Crippen MR) is 109 cm³/mol. The number of hydrogen-bond acceptors (Lipinski definition) is 3. The third-order valence-electron chi connectivity index (χ3n) is 5.62. The van der Waals surface area contributed by atoms with E-state index in [1.807, 2.05) is 18.2 Å². The first-order chi connectivity index (χ1) is 13.7. The minimum absolute atomic E-state index is 0.249. The van der Waals surface area contributed by atoms with Crippen molar-refractivity contribution in [2.45, 2.75) is 18.8 Å². The zero-order valence-corrected chi connectivity index (χ0v) is 15.7. The van der Waals surface area contributed by atoms with Crippen LogP contribution in [0, 0.1) is 11.7 Å². The zero-order chi connectivity index (χ0) is 19.3. The molecule has 1 aliphatic heterocycles. The van der Waals surface area contributed by atoms with Gasteiger partial charge in [-0.3, -0.25) is 4.79 Å². The van der Waals surface area contributed by atoms with Crippen LogP contribution in [-0.2, 0) is 0 Å². The SMILES string of the molecule is O=C(NCC(c1ccccc1)C1CCNCC1)c1ncc(F)c2ccccc12. The molecule has 1 amide bonds. The van der Waals surface area contributed by atoms with Crippen molar-refractivity contribution in [3.05, 3.63) is 77.9 Å². The molecule has 2 heterocycles. The number of aromatic nitrogens is 1. The van der Waals surface area contributed by atoms with E-state index >= 15 is 0 Å². The lowest BCUT2D eigenvalue weighted by molar-refractivity contribution is 0.0943. The van der Waals surface area contributed by atoms with Crippen molar-refractivity contribution < 1.29 is 9.18 Å². The summed E-state index contributed by atoms with van der Waals surface area (Å²) in [6.45, 7) is 2.55. The molecule has 1 aromatic heterocycles. The first kappa shape index (κ1) is 18.6. The van der Waals surface area contributed by atoms with Crippen LogP contribution in [-0.4, -0.2) is 30.5 Å². The molecule has 0 bridgehead atoms. The molecule has 28 heavy (non-hydrogen) atoms. The lowest BCUT2D eigenvalue weighted by Gasteiger charge is -2.31. The number of carbonyl (C=O) groups excluding carboxylic acids is 1. The van der Waals surface area contributed by atoms with Crippen LogP contribution in [0.4, 0.5) is 4.39 Å². The molecule has 2 aromatic carbocycles. The highest BCUT2D eigenvalue weighted by Crippen LogP contribution is 2.30. The van der Waals surface area contributed by atoms with Gasteiger partial charge in [0.1, 0.15) is 11.5 Å². The standard InChI is InChI=1S/C23H24FN3O/c24-21-15-26-22(19-9-5-4-8-18(19)21)23(28)27-14-20(16-6-2-1-3-7-16)17-10-12-25-13-11-17/h1-9,15,17,20,25H,10-14H2,(H,27,28). The van der Waals surface area contributed by atoms with Gasteiger partial charge in [0.25, 0.3) is 5.91 Å². The molecule has 1 aliphatic rings. The van der Waals surface area contributed by atoms with Crippen molar-refractivity contribution in [2.24, 2.45) is 5.92 Å². The van der Waals surface area contributed by atoms with Crippen molar-refractivity contribution >= 4 is 16.7 Å². The zero-order valence-electron chi connectivity index (χ0n) is 15.7. The minimum Gasteiger partial charge on any atom is -0.350 e. The van der Waals surface area contributed by atoms with Crippen LogP contribution in [0.2, 0.25) is 0 Å². The summed E-state index contributed by atoms with van der Waals surface area (Å²) < 4.78 is 14.0. The highest BCUT2D eigenvalue weighted by Gasteiger charge is 2.26. The van der Waals surface area contributed by atoms with Gasteiger partial charge in [0.05, 0.1) is 6.20 Å². The maximum Gasteiger partial charge on any atom is 0.270 e. The van der Waals surface area contributed by atoms with E-state index in [4.69, 9.17) is 0 Å². The molecule has 1 atom stereocenters. The number of amides is 1. The van der Waals surface area contributed by atoms with Gasteiger partial charge in [0.2, 0.25) is 0 Å². The summed E-state index contributed by atoms with van der Waals surface area (Å²) in [4.78, 5) is 17.0. The first-order valence-electron chi connectivity index (χ1n) is 9.81. The number of nitrogens with one attached hydrogen (secondary N) is 2. The Morgan fingerprint density at radius 1 is 1.07 bits per heavy atom. The molecule has 4 nitrogen and oxygen atoms in total. The Hall–Kier alpha value is -2.79. The number of fused-ring (bicyclic) bond motifs is 1. The van der Waals surface area contributed by atoms with Crippen LogP contribution in [0.3, 0.4) is 0 Å². The molecule has 1 unspecified atom stereocenters. The van der Waals surface area contributed by atoms with Crippen molar-refractivity contribution in [2.75, 3.05) is 19.6 Å². The lowest BCUT2D eigenvalue weighted by Crippen LogP contribution is -2.36. The summed E-state index contributed by atoms with van der Waals surface area (Å²) in [7, 11) is 0. The Kier molecular flexibility index (Phi) is 5.63. The largest absolute Gasteiger partial charge is 0.350 e. The summed E-state index contributed by atoms with van der Waals surface area (Å²) in [5, 5.41) is 7.42. The fourth-order valence-corrected chi connectivity index (χ4v) is 4.13. The van der Waals surface area contributed by atoms with E-state index in [0.717, 1.165) is 32.1 Å². The average molecular weight is 377 g/mol. The number of piperidine rings is 1. The number of nitrogens with zero attached hydrogens (tertiary/aromatic N) is 1. The van der Waals surface area contributed by atoms with Gasteiger partial charge < -0.3 is 10.6 Å². The van der Waals surface area contributed by atoms with E-state index in [1.165, 1.54) is 5.56 Å². The van der Waals surface area contributed by atoms with Crippen molar-refractivity contribution in [1.82, 2.24) is 15.6 Å². The van der Waals surface area contributed by atoms with Crippen LogP contribution in [0.25, 0.3) is 10.8 Å². The molecule has 1 saturated heterocycles. The van der Waals surface area contributed by atoms with Gasteiger partial charge in [-0.15, -0.1) is 0 Å². The monoisotopic (exact) mass is 377 g/mol. The Balaban J connectivity index is 1.56. The Labute approximate surface area is 164 Å². The highest BCUT2D eigenvalue weighted by molar-refractivity contribution is 6.05. The van der Waals surface area contributed by atoms with Gasteiger partial charge in [0.15, 0.2) is 0 Å². The van der Waals surface area contributed by atoms with Gasteiger partial charge in [-0.1, -0.05) is 54.6 Å². The van der Waals surface area contributed by atoms with Gasteiger partial charge in [-0.05, 0) is 37.4 Å². The number of benzene rings is 2. The van der Waals surface area contributed by atoms with Crippen LogP contribution >= 0.6 is 0 Å². The summed E-state index contributed by atoms with van der Waals surface area (Å²) in [5.74, 6) is 0.0934. The minimum atomic E-state index is -0.413. The molecule has 0 aliphatic carbocycles. The van der Waals surface area contributed by atoms with E-state index in [1.54, 1.807) is 24.3 Å². The number of halogens is 1. The summed E-state index contributed by atoms with van der Waals surface area (Å²) in [6.07, 6.45) is 3.30. The van der Waals surface area contributed by atoms with Crippen LogP contribution in [0.5, 0.6) is 0 Å². The van der Waals surface area contributed by atoms with Gasteiger partial charge in [-0.25, -0.2) is 9.37 Å². The quantitative estimate of drug-likeness (QED) is 0.709. The van der Waals surface area contributed by atoms with E-state index < -0.39 is 5.82 Å². The van der Waals surface area contributed by atoms with Crippen molar-refractivity contribution in [3.8, 4) is 0 Å². The Morgan fingerprint density at radius 2 is 1.75 bits per heavy atom. The second-order valence-electron chi connectivity index (χ2n) is 7.31. The molecule has 5 heteroatoms. The number of rotatable bonds is 5. The summed E-state index contributed by atoms with van der Waals surface area (Å²) in [5.41, 5.74) is 1.51. The maximum absolute atomic E-state index is 14.0. The molecule has 144 valence electrons. The Bertz CT molecular complexity index is 954. The topological polar surface area (TPSA) is 54.0 Å². The molecular weight excluding hydrogens is 353 g/mol. The number of pyridine rings is 1. The van der Waals surface area contributed by atoms with Crippen molar-refractivity contribution in [1.29, 1.82) is 0 Å². The van der Waals surface area contributed by atoms with E-state index in [0.29, 0.717) is 23.2 Å². The second-order valence-corrected chi connectivity index (χ2v) is 7.31. The van der Waals surface area contributed by atoms with Crippen LogP contribution in [0.1, 0.15) is 34.8 Å². The number of hydrogen-bond donors (Lipinski definition) is 2. The maximum atomic E-state index is 14.0. The summed E-state index contributed by atoms with van der Waals surface area (Å²) in [6, 6.07) is 17.3. The van der Waals surface area contributed by atoms with Gasteiger partial charge >= 0.3 is 0 Å². The van der Waals surface area contributed by atoms with Gasteiger partial charge in [-0.2, -0.15) is 0 Å². The normalized spacial score (nSPS) is 16.0. The molecule has 1 fully saturated rings. The second kappa shape index (κ2) is 8.48. The first-order valence-corrected chi connectivity index (χ1v) is 9.81. The predicted octanol–water partition coefficient (Wildman–Crippen LogP) is 3.89. The van der Waals surface area contributed by atoms with E-state index in [-0.39, 0.29) is 17.5 Å². The summed E-state index contributed by atoms with van der Waals surface area (Å²) >= 11 is 0. The molecule has 4 rings (SSSR count). The molecule has 0 spiro atoms. The van der Waals surface area contributed by atoms with Crippen molar-refractivity contribution in [3.63, 3.8) is 0 Å². The molecule has 0 saturated carbocycles. The lowest BCUT2D eigenvalue weighted by atomic mass is 9.80. The van der Waals surface area contributed by atoms with Gasteiger partial charge in [0, 0.05) is 23.2 Å². The fourth-order valence-electron chi connectivity index (χ4n) is 4.13. The molecular formula is C23H24FN3O. The molecule has 0 radical (unpaired) electrons. The molecule has 3 aromatic rings. The third-order valence-corrected chi connectivity index (χ3v) is 5.62.